The second-order valence-electron chi connectivity index (χ2n) is 5.18. The maximum atomic E-state index is 12.3. The van der Waals surface area contributed by atoms with Gasteiger partial charge in [0.1, 0.15) is 0 Å². The van der Waals surface area contributed by atoms with Crippen LogP contribution >= 0.6 is 15.9 Å². The van der Waals surface area contributed by atoms with Gasteiger partial charge in [-0.3, -0.25) is 4.79 Å². The third kappa shape index (κ3) is 3.82. The fourth-order valence-electron chi connectivity index (χ4n) is 2.97. The van der Waals surface area contributed by atoms with Gasteiger partial charge in [0, 0.05) is 4.47 Å². The molecule has 0 N–H and O–H groups in total. The van der Waals surface area contributed by atoms with E-state index in [-0.39, 0.29) is 11.9 Å². The second-order valence-corrected chi connectivity index (χ2v) is 6.10. The first-order chi connectivity index (χ1) is 9.22. The van der Waals surface area contributed by atoms with E-state index in [1.165, 1.54) is 19.3 Å². The summed E-state index contributed by atoms with van der Waals surface area (Å²) in [5.74, 6) is 0.291. The van der Waals surface area contributed by atoms with Crippen molar-refractivity contribution in [3.8, 4) is 0 Å². The summed E-state index contributed by atoms with van der Waals surface area (Å²) in [7, 11) is 0. The number of esters is 1. The first-order valence-corrected chi connectivity index (χ1v) is 7.93. The quantitative estimate of drug-likeness (QED) is 0.752. The lowest BCUT2D eigenvalue weighted by atomic mass is 9.77. The van der Waals surface area contributed by atoms with Gasteiger partial charge in [0.2, 0.25) is 0 Å². The minimum absolute atomic E-state index is 0.0586. The van der Waals surface area contributed by atoms with E-state index in [9.17, 15) is 4.79 Å². The van der Waals surface area contributed by atoms with Crippen LogP contribution in [-0.2, 0) is 9.53 Å². The van der Waals surface area contributed by atoms with E-state index in [2.05, 4.69) is 15.9 Å². The van der Waals surface area contributed by atoms with Crippen molar-refractivity contribution in [3.63, 3.8) is 0 Å². The number of benzene rings is 1. The van der Waals surface area contributed by atoms with Crippen LogP contribution in [0.5, 0.6) is 0 Å². The summed E-state index contributed by atoms with van der Waals surface area (Å²) in [6.45, 7) is 2.33. The average molecular weight is 325 g/mol. The van der Waals surface area contributed by atoms with Crippen LogP contribution in [0.1, 0.15) is 50.5 Å². The van der Waals surface area contributed by atoms with Crippen LogP contribution in [0.4, 0.5) is 0 Å². The molecule has 0 aliphatic heterocycles. The van der Waals surface area contributed by atoms with Gasteiger partial charge in [0.05, 0.1) is 12.5 Å². The van der Waals surface area contributed by atoms with Crippen LogP contribution in [0.15, 0.2) is 28.7 Å². The van der Waals surface area contributed by atoms with E-state index in [4.69, 9.17) is 4.74 Å². The monoisotopic (exact) mass is 324 g/mol. The first-order valence-electron chi connectivity index (χ1n) is 7.14. The van der Waals surface area contributed by atoms with Crippen LogP contribution in [0.25, 0.3) is 0 Å². The molecule has 2 rings (SSSR count). The van der Waals surface area contributed by atoms with Gasteiger partial charge >= 0.3 is 5.97 Å². The molecule has 0 saturated heterocycles. The van der Waals surface area contributed by atoms with Gasteiger partial charge in [-0.05, 0) is 43.4 Å². The fraction of sp³-hybridized carbons (Fsp3) is 0.562. The van der Waals surface area contributed by atoms with E-state index in [1.54, 1.807) is 0 Å². The lowest BCUT2D eigenvalue weighted by Crippen LogP contribution is -2.25. The van der Waals surface area contributed by atoms with Crippen molar-refractivity contribution in [2.45, 2.75) is 44.9 Å². The Hall–Kier alpha value is -0.830. The molecule has 0 amide bonds. The van der Waals surface area contributed by atoms with Crippen molar-refractivity contribution in [3.05, 3.63) is 34.3 Å². The highest BCUT2D eigenvalue weighted by molar-refractivity contribution is 9.10. The molecule has 0 aromatic heterocycles. The zero-order chi connectivity index (χ0) is 13.7. The highest BCUT2D eigenvalue weighted by Crippen LogP contribution is 2.37. The van der Waals surface area contributed by atoms with Gasteiger partial charge in [0.15, 0.2) is 0 Å². The van der Waals surface area contributed by atoms with Crippen molar-refractivity contribution in [1.29, 1.82) is 0 Å². The van der Waals surface area contributed by atoms with Gasteiger partial charge in [-0.15, -0.1) is 0 Å². The Kier molecular flexibility index (Phi) is 5.44. The number of carbonyl (C=O) groups is 1. The zero-order valence-corrected chi connectivity index (χ0v) is 13.0. The van der Waals surface area contributed by atoms with Crippen molar-refractivity contribution in [2.75, 3.05) is 6.61 Å². The summed E-state index contributed by atoms with van der Waals surface area (Å²) >= 11 is 3.44. The molecule has 1 aromatic carbocycles. The molecule has 104 valence electrons. The summed E-state index contributed by atoms with van der Waals surface area (Å²) in [6.07, 6.45) is 6.04. The lowest BCUT2D eigenvalue weighted by molar-refractivity contribution is -0.146. The summed E-state index contributed by atoms with van der Waals surface area (Å²) in [4.78, 5) is 12.3. The molecule has 19 heavy (non-hydrogen) atoms. The number of hydrogen-bond acceptors (Lipinski definition) is 2. The number of carbonyl (C=O) groups excluding carboxylic acids is 1. The first kappa shape index (κ1) is 14.6. The Morgan fingerprint density at radius 2 is 1.89 bits per heavy atom. The average Bonchev–Trinajstić information content (AvgIpc) is 2.43. The Balaban J connectivity index is 2.22. The molecule has 1 fully saturated rings. The molecular weight excluding hydrogens is 304 g/mol. The van der Waals surface area contributed by atoms with Gasteiger partial charge in [-0.2, -0.15) is 0 Å². The molecule has 0 bridgehead atoms. The predicted molar refractivity (Wildman–Crippen MR) is 80.1 cm³/mol. The maximum absolute atomic E-state index is 12.3. The van der Waals surface area contributed by atoms with Crippen molar-refractivity contribution < 1.29 is 9.53 Å². The van der Waals surface area contributed by atoms with Gasteiger partial charge < -0.3 is 4.74 Å². The van der Waals surface area contributed by atoms with E-state index in [0.717, 1.165) is 22.9 Å². The summed E-state index contributed by atoms with van der Waals surface area (Å²) < 4.78 is 6.34. The van der Waals surface area contributed by atoms with Crippen LogP contribution in [0.2, 0.25) is 0 Å². The Morgan fingerprint density at radius 3 is 2.47 bits per heavy atom. The van der Waals surface area contributed by atoms with E-state index < -0.39 is 0 Å². The largest absolute Gasteiger partial charge is 0.466 e. The van der Waals surface area contributed by atoms with Crippen molar-refractivity contribution in [1.82, 2.24) is 0 Å². The molecule has 1 aliphatic carbocycles. The maximum Gasteiger partial charge on any atom is 0.313 e. The molecule has 1 saturated carbocycles. The second kappa shape index (κ2) is 7.09. The molecule has 0 radical (unpaired) electrons. The van der Waals surface area contributed by atoms with Crippen molar-refractivity contribution >= 4 is 21.9 Å². The Bertz CT molecular complexity index is 407. The molecule has 2 nitrogen and oxygen atoms in total. The van der Waals surface area contributed by atoms with E-state index in [0.29, 0.717) is 12.5 Å². The van der Waals surface area contributed by atoms with E-state index >= 15 is 0 Å². The summed E-state index contributed by atoms with van der Waals surface area (Å²) in [5.41, 5.74) is 1.09. The Morgan fingerprint density at radius 1 is 1.26 bits per heavy atom. The SMILES string of the molecule is CCOC(=O)C(c1ccc(Br)cc1)C1CCCCC1. The number of halogens is 1. The highest BCUT2D eigenvalue weighted by atomic mass is 79.9. The molecule has 0 spiro atoms. The van der Waals surface area contributed by atoms with Gasteiger partial charge in [0.25, 0.3) is 0 Å². The molecule has 0 heterocycles. The molecule has 1 aromatic rings. The van der Waals surface area contributed by atoms with Crippen LogP contribution < -0.4 is 0 Å². The molecular formula is C16H21BrO2. The molecule has 1 unspecified atom stereocenters. The zero-order valence-electron chi connectivity index (χ0n) is 11.4. The van der Waals surface area contributed by atoms with Crippen LogP contribution in [0, 0.1) is 5.92 Å². The van der Waals surface area contributed by atoms with Crippen LogP contribution in [-0.4, -0.2) is 12.6 Å². The number of hydrogen-bond donors (Lipinski definition) is 0. The standard InChI is InChI=1S/C16H21BrO2/c1-2-19-16(18)15(12-6-4-3-5-7-12)13-8-10-14(17)11-9-13/h8-12,15H,2-7H2,1H3. The fourth-order valence-corrected chi connectivity index (χ4v) is 3.23. The van der Waals surface area contributed by atoms with Crippen LogP contribution in [0.3, 0.4) is 0 Å². The summed E-state index contributed by atoms with van der Waals surface area (Å²) in [6, 6.07) is 8.09. The predicted octanol–water partition coefficient (Wildman–Crippen LogP) is 4.68. The third-order valence-corrected chi connectivity index (χ3v) is 4.42. The number of ether oxygens (including phenoxy) is 1. The lowest BCUT2D eigenvalue weighted by Gasteiger charge is -2.29. The molecule has 3 heteroatoms. The van der Waals surface area contributed by atoms with Gasteiger partial charge in [-0.1, -0.05) is 47.3 Å². The van der Waals surface area contributed by atoms with Crippen molar-refractivity contribution in [2.24, 2.45) is 5.92 Å². The van der Waals surface area contributed by atoms with Gasteiger partial charge in [-0.25, -0.2) is 0 Å². The number of rotatable bonds is 4. The smallest absolute Gasteiger partial charge is 0.313 e. The minimum atomic E-state index is -0.0895. The third-order valence-electron chi connectivity index (χ3n) is 3.89. The highest BCUT2D eigenvalue weighted by Gasteiger charge is 2.31. The minimum Gasteiger partial charge on any atom is -0.466 e. The molecule has 1 atom stereocenters. The van der Waals surface area contributed by atoms with E-state index in [1.807, 2.05) is 31.2 Å². The summed E-state index contributed by atoms with van der Waals surface area (Å²) in [5, 5.41) is 0. The normalized spacial score (nSPS) is 18.0. The topological polar surface area (TPSA) is 26.3 Å². The Labute approximate surface area is 123 Å². The molecule has 1 aliphatic rings.